The summed E-state index contributed by atoms with van der Waals surface area (Å²) in [5, 5.41) is 4.95. The van der Waals surface area contributed by atoms with Gasteiger partial charge in [-0.05, 0) is 130 Å². The monoisotopic (exact) mass is 832 g/mol. The summed E-state index contributed by atoms with van der Waals surface area (Å²) in [5.41, 5.74) is 17.4. The van der Waals surface area contributed by atoms with Crippen molar-refractivity contribution in [2.45, 2.75) is 31.7 Å². The first kappa shape index (κ1) is 38.7. The third-order valence-corrected chi connectivity index (χ3v) is 13.7. The molecular formula is C63H48N2. The zero-order valence-electron chi connectivity index (χ0n) is 36.9. The molecule has 0 spiro atoms. The predicted octanol–water partition coefficient (Wildman–Crippen LogP) is 16.9. The molecule has 2 heteroatoms. The van der Waals surface area contributed by atoms with Crippen LogP contribution in [0.15, 0.2) is 237 Å². The molecular weight excluding hydrogens is 785 g/mol. The Hall–Kier alpha value is -7.94. The number of anilines is 3. The summed E-state index contributed by atoms with van der Waals surface area (Å²) in [4.78, 5) is 2.52. The van der Waals surface area contributed by atoms with Gasteiger partial charge >= 0.3 is 0 Å². The van der Waals surface area contributed by atoms with Gasteiger partial charge in [-0.2, -0.15) is 0 Å². The Morgan fingerprint density at radius 3 is 1.62 bits per heavy atom. The van der Waals surface area contributed by atoms with Crippen molar-refractivity contribution in [1.82, 2.24) is 4.57 Å². The standard InChI is InChI=1S/C63H48N2/c1-62(2,3)65-59-34-19-17-30-52(59)53-38-37-49(42-60(53)65)64(48-36-35-45-25-20-32-51(55(45)39-48)43-21-8-4-9-22-43)50-40-56(44-23-10-5-11-24-44)61-54-31-16-18-33-57(54)63(58(61)41-50,46-26-12-6-13-27-46)47-28-14-7-15-29-47/h4-42H,1-3H3. The lowest BCUT2D eigenvalue weighted by Gasteiger charge is -2.35. The third kappa shape index (κ3) is 6.09. The lowest BCUT2D eigenvalue weighted by atomic mass is 9.67. The Bertz CT molecular complexity index is 3520. The van der Waals surface area contributed by atoms with Gasteiger partial charge in [-0.25, -0.2) is 0 Å². The average molecular weight is 833 g/mol. The van der Waals surface area contributed by atoms with Crippen LogP contribution in [0.1, 0.15) is 43.0 Å². The fraction of sp³-hybridized carbons (Fsp3) is 0.0794. The second-order valence-electron chi connectivity index (χ2n) is 18.4. The summed E-state index contributed by atoms with van der Waals surface area (Å²) in [6.07, 6.45) is 0. The molecule has 0 unspecified atom stereocenters. The van der Waals surface area contributed by atoms with Crippen molar-refractivity contribution < 1.29 is 0 Å². The molecule has 1 aromatic heterocycles. The summed E-state index contributed by atoms with van der Waals surface area (Å²) >= 11 is 0. The van der Waals surface area contributed by atoms with Gasteiger partial charge in [0.05, 0.1) is 10.9 Å². The number of rotatable bonds is 7. The third-order valence-electron chi connectivity index (χ3n) is 13.7. The van der Waals surface area contributed by atoms with Crippen molar-refractivity contribution >= 4 is 49.6 Å². The molecule has 0 bridgehead atoms. The summed E-state index contributed by atoms with van der Waals surface area (Å²) in [7, 11) is 0. The Kier molecular flexibility index (Phi) is 9.00. The molecule has 0 aliphatic heterocycles. The largest absolute Gasteiger partial charge is 0.335 e. The van der Waals surface area contributed by atoms with Crippen LogP contribution in [0.4, 0.5) is 17.1 Å². The van der Waals surface area contributed by atoms with Crippen molar-refractivity contribution in [3.63, 3.8) is 0 Å². The molecule has 11 aromatic rings. The normalized spacial score (nSPS) is 13.0. The van der Waals surface area contributed by atoms with E-state index >= 15 is 0 Å². The second-order valence-corrected chi connectivity index (χ2v) is 18.4. The molecule has 0 saturated heterocycles. The van der Waals surface area contributed by atoms with Crippen LogP contribution in [0.25, 0.3) is 66.0 Å². The van der Waals surface area contributed by atoms with E-state index in [4.69, 9.17) is 0 Å². The number of para-hydroxylation sites is 1. The van der Waals surface area contributed by atoms with Crippen LogP contribution in [-0.2, 0) is 11.0 Å². The van der Waals surface area contributed by atoms with E-state index in [1.54, 1.807) is 0 Å². The van der Waals surface area contributed by atoms with Crippen LogP contribution in [0, 0.1) is 0 Å². The molecule has 0 N–H and O–H groups in total. The molecule has 65 heavy (non-hydrogen) atoms. The molecule has 10 aromatic carbocycles. The van der Waals surface area contributed by atoms with Crippen molar-refractivity contribution in [2.75, 3.05) is 4.90 Å². The van der Waals surface area contributed by atoms with E-state index in [2.05, 4.69) is 267 Å². The van der Waals surface area contributed by atoms with Crippen molar-refractivity contribution in [3.05, 3.63) is 259 Å². The zero-order chi connectivity index (χ0) is 43.7. The first-order chi connectivity index (χ1) is 31.9. The summed E-state index contributed by atoms with van der Waals surface area (Å²) in [6, 6.07) is 87.8. The maximum Gasteiger partial charge on any atom is 0.0714 e. The SMILES string of the molecule is CC(C)(C)n1c2ccccc2c2ccc(N(c3cc(-c4ccccc4)c4c(c3)C(c3ccccc3)(c3ccccc3)c3ccccc3-4)c3ccc4cccc(-c5ccccc5)c4c3)cc21. The van der Waals surface area contributed by atoms with Crippen molar-refractivity contribution in [1.29, 1.82) is 0 Å². The van der Waals surface area contributed by atoms with E-state index in [1.807, 2.05) is 0 Å². The number of fused-ring (bicyclic) bond motifs is 7. The summed E-state index contributed by atoms with van der Waals surface area (Å²) in [5.74, 6) is 0. The smallest absolute Gasteiger partial charge is 0.0714 e. The van der Waals surface area contributed by atoms with Gasteiger partial charge in [0, 0.05) is 38.9 Å². The second kappa shape index (κ2) is 15.1. The quantitative estimate of drug-likeness (QED) is 0.155. The number of benzene rings is 10. The number of hydrogen-bond donors (Lipinski definition) is 0. The predicted molar refractivity (Wildman–Crippen MR) is 275 cm³/mol. The Balaban J connectivity index is 1.22. The average Bonchev–Trinajstić information content (AvgIpc) is 3.86. The molecule has 0 saturated carbocycles. The van der Waals surface area contributed by atoms with E-state index in [9.17, 15) is 0 Å². The molecule has 0 fully saturated rings. The van der Waals surface area contributed by atoms with E-state index in [0.717, 1.165) is 17.1 Å². The molecule has 1 heterocycles. The summed E-state index contributed by atoms with van der Waals surface area (Å²) in [6.45, 7) is 6.94. The van der Waals surface area contributed by atoms with Gasteiger partial charge in [-0.1, -0.05) is 194 Å². The number of hydrogen-bond acceptors (Lipinski definition) is 1. The van der Waals surface area contributed by atoms with Gasteiger partial charge in [-0.15, -0.1) is 0 Å². The van der Waals surface area contributed by atoms with Crippen LogP contribution < -0.4 is 4.90 Å². The van der Waals surface area contributed by atoms with E-state index in [1.165, 1.54) is 88.2 Å². The Morgan fingerprint density at radius 1 is 0.369 bits per heavy atom. The van der Waals surface area contributed by atoms with Gasteiger partial charge in [-0.3, -0.25) is 0 Å². The fourth-order valence-electron chi connectivity index (χ4n) is 11.1. The maximum atomic E-state index is 2.53. The molecule has 2 nitrogen and oxygen atoms in total. The molecule has 0 amide bonds. The minimum absolute atomic E-state index is 0.164. The molecule has 310 valence electrons. The minimum atomic E-state index is -0.591. The van der Waals surface area contributed by atoms with Crippen LogP contribution in [0.5, 0.6) is 0 Å². The topological polar surface area (TPSA) is 8.17 Å². The van der Waals surface area contributed by atoms with Crippen LogP contribution in [0.3, 0.4) is 0 Å². The highest BCUT2D eigenvalue weighted by Crippen LogP contribution is 2.60. The summed E-state index contributed by atoms with van der Waals surface area (Å²) < 4.78 is 2.53. The van der Waals surface area contributed by atoms with Gasteiger partial charge in [0.2, 0.25) is 0 Å². The molecule has 12 rings (SSSR count). The lowest BCUT2D eigenvalue weighted by molar-refractivity contribution is 0.423. The van der Waals surface area contributed by atoms with Crippen LogP contribution >= 0.6 is 0 Å². The first-order valence-corrected chi connectivity index (χ1v) is 22.8. The van der Waals surface area contributed by atoms with E-state index in [-0.39, 0.29) is 5.54 Å². The zero-order valence-corrected chi connectivity index (χ0v) is 36.9. The fourth-order valence-corrected chi connectivity index (χ4v) is 11.1. The lowest BCUT2D eigenvalue weighted by Crippen LogP contribution is -2.28. The van der Waals surface area contributed by atoms with E-state index < -0.39 is 5.41 Å². The highest BCUT2D eigenvalue weighted by Gasteiger charge is 2.47. The molecule has 0 atom stereocenters. The van der Waals surface area contributed by atoms with Crippen LogP contribution in [0.2, 0.25) is 0 Å². The van der Waals surface area contributed by atoms with Gasteiger partial charge < -0.3 is 9.47 Å². The van der Waals surface area contributed by atoms with E-state index in [0.29, 0.717) is 0 Å². The first-order valence-electron chi connectivity index (χ1n) is 22.8. The molecule has 1 aliphatic rings. The van der Waals surface area contributed by atoms with Gasteiger partial charge in [0.25, 0.3) is 0 Å². The highest BCUT2D eigenvalue weighted by atomic mass is 15.1. The molecule has 0 radical (unpaired) electrons. The highest BCUT2D eigenvalue weighted by molar-refractivity contribution is 6.10. The van der Waals surface area contributed by atoms with Gasteiger partial charge in [0.1, 0.15) is 0 Å². The van der Waals surface area contributed by atoms with Crippen molar-refractivity contribution in [3.8, 4) is 33.4 Å². The molecule has 1 aliphatic carbocycles. The Labute approximate surface area is 381 Å². The maximum absolute atomic E-state index is 2.53. The Morgan fingerprint density at radius 2 is 0.923 bits per heavy atom. The number of nitrogens with zero attached hydrogens (tertiary/aromatic N) is 2. The van der Waals surface area contributed by atoms with Crippen molar-refractivity contribution in [2.24, 2.45) is 0 Å². The number of aromatic nitrogens is 1. The van der Waals surface area contributed by atoms with Crippen LogP contribution in [-0.4, -0.2) is 4.57 Å². The minimum Gasteiger partial charge on any atom is -0.335 e. The van der Waals surface area contributed by atoms with Gasteiger partial charge in [0.15, 0.2) is 0 Å².